The lowest BCUT2D eigenvalue weighted by molar-refractivity contribution is -0.141. The molecular formula is C9H12O2S. The first-order valence-electron chi connectivity index (χ1n) is 3.78. The van der Waals surface area contributed by atoms with Gasteiger partial charge in [-0.05, 0) is 30.9 Å². The summed E-state index contributed by atoms with van der Waals surface area (Å²) in [7, 11) is 1.41. The van der Waals surface area contributed by atoms with Crippen molar-refractivity contribution in [2.24, 2.45) is 0 Å². The van der Waals surface area contributed by atoms with Gasteiger partial charge in [0, 0.05) is 4.88 Å². The van der Waals surface area contributed by atoms with E-state index in [1.165, 1.54) is 12.0 Å². The maximum absolute atomic E-state index is 11.1. The van der Waals surface area contributed by atoms with Crippen molar-refractivity contribution in [3.05, 3.63) is 21.9 Å². The summed E-state index contributed by atoms with van der Waals surface area (Å²) in [6, 6.07) is 2.02. The predicted molar refractivity (Wildman–Crippen MR) is 49.5 cm³/mol. The normalized spacial score (nSPS) is 12.6. The molecule has 1 rings (SSSR count). The van der Waals surface area contributed by atoms with Gasteiger partial charge in [0.25, 0.3) is 0 Å². The molecule has 0 aromatic carbocycles. The molecule has 1 heterocycles. The fraction of sp³-hybridized carbons (Fsp3) is 0.444. The Morgan fingerprint density at radius 3 is 2.75 bits per heavy atom. The van der Waals surface area contributed by atoms with Crippen LogP contribution >= 0.6 is 11.3 Å². The van der Waals surface area contributed by atoms with E-state index in [0.29, 0.717) is 0 Å². The van der Waals surface area contributed by atoms with Gasteiger partial charge in [0.05, 0.1) is 13.0 Å². The van der Waals surface area contributed by atoms with Gasteiger partial charge in [0.15, 0.2) is 0 Å². The summed E-state index contributed by atoms with van der Waals surface area (Å²) in [6.07, 6.45) is 0. The van der Waals surface area contributed by atoms with E-state index in [-0.39, 0.29) is 11.9 Å². The lowest BCUT2D eigenvalue weighted by Crippen LogP contribution is -2.09. The van der Waals surface area contributed by atoms with Crippen LogP contribution in [0.3, 0.4) is 0 Å². The molecule has 0 spiro atoms. The van der Waals surface area contributed by atoms with Crippen molar-refractivity contribution in [2.75, 3.05) is 7.11 Å². The summed E-state index contributed by atoms with van der Waals surface area (Å²) < 4.78 is 4.64. The number of aryl methyl sites for hydroxylation is 1. The van der Waals surface area contributed by atoms with Gasteiger partial charge in [-0.25, -0.2) is 0 Å². The smallest absolute Gasteiger partial charge is 0.312 e. The van der Waals surface area contributed by atoms with Crippen LogP contribution in [0.2, 0.25) is 0 Å². The molecule has 0 N–H and O–H groups in total. The van der Waals surface area contributed by atoms with Gasteiger partial charge >= 0.3 is 5.97 Å². The number of hydrogen-bond donors (Lipinski definition) is 0. The first-order valence-corrected chi connectivity index (χ1v) is 4.66. The number of ether oxygens (including phenoxy) is 1. The standard InChI is InChI=1S/C9H12O2S/c1-6-4-8(5-12-6)7(2)9(10)11-3/h4-5,7H,1-3H3. The highest BCUT2D eigenvalue weighted by atomic mass is 32.1. The quantitative estimate of drug-likeness (QED) is 0.659. The van der Waals surface area contributed by atoms with Crippen molar-refractivity contribution in [1.29, 1.82) is 0 Å². The van der Waals surface area contributed by atoms with Crippen LogP contribution < -0.4 is 0 Å². The van der Waals surface area contributed by atoms with E-state index in [4.69, 9.17) is 0 Å². The van der Waals surface area contributed by atoms with Crippen molar-refractivity contribution >= 4 is 17.3 Å². The number of rotatable bonds is 2. The molecule has 1 aromatic heterocycles. The molecule has 0 fully saturated rings. The van der Waals surface area contributed by atoms with Crippen LogP contribution in [0.4, 0.5) is 0 Å². The van der Waals surface area contributed by atoms with Crippen LogP contribution in [0.25, 0.3) is 0 Å². The molecule has 3 heteroatoms. The fourth-order valence-electron chi connectivity index (χ4n) is 1.00. The van der Waals surface area contributed by atoms with Crippen LogP contribution in [0.15, 0.2) is 11.4 Å². The zero-order valence-electron chi connectivity index (χ0n) is 7.46. The van der Waals surface area contributed by atoms with Crippen LogP contribution in [0, 0.1) is 6.92 Å². The van der Waals surface area contributed by atoms with Crippen LogP contribution in [0.1, 0.15) is 23.3 Å². The number of methoxy groups -OCH3 is 1. The maximum atomic E-state index is 11.1. The SMILES string of the molecule is COC(=O)C(C)c1csc(C)c1. The highest BCUT2D eigenvalue weighted by Gasteiger charge is 2.15. The maximum Gasteiger partial charge on any atom is 0.312 e. The Hall–Kier alpha value is -0.830. The molecule has 2 nitrogen and oxygen atoms in total. The molecule has 0 aliphatic rings. The summed E-state index contributed by atoms with van der Waals surface area (Å²) in [5, 5.41) is 2.00. The van der Waals surface area contributed by atoms with Crippen LogP contribution in [0.5, 0.6) is 0 Å². The van der Waals surface area contributed by atoms with Gasteiger partial charge in [0.1, 0.15) is 0 Å². The molecule has 0 saturated carbocycles. The number of hydrogen-bond acceptors (Lipinski definition) is 3. The molecule has 0 aliphatic heterocycles. The minimum Gasteiger partial charge on any atom is -0.469 e. The summed E-state index contributed by atoms with van der Waals surface area (Å²) in [4.78, 5) is 12.3. The van der Waals surface area contributed by atoms with Crippen molar-refractivity contribution in [3.63, 3.8) is 0 Å². The number of thiophene rings is 1. The number of carbonyl (C=O) groups excluding carboxylic acids is 1. The highest BCUT2D eigenvalue weighted by Crippen LogP contribution is 2.22. The Bertz CT molecular complexity index is 278. The zero-order valence-corrected chi connectivity index (χ0v) is 8.27. The monoisotopic (exact) mass is 184 g/mol. The summed E-state index contributed by atoms with van der Waals surface area (Å²) in [6.45, 7) is 3.88. The third-order valence-electron chi connectivity index (χ3n) is 1.81. The Balaban J connectivity index is 2.77. The molecule has 1 unspecified atom stereocenters. The van der Waals surface area contributed by atoms with E-state index in [2.05, 4.69) is 4.74 Å². The van der Waals surface area contributed by atoms with Gasteiger partial charge in [-0.3, -0.25) is 4.79 Å². The lowest BCUT2D eigenvalue weighted by Gasteiger charge is -2.05. The Morgan fingerprint density at radius 1 is 1.67 bits per heavy atom. The molecule has 0 amide bonds. The van der Waals surface area contributed by atoms with Crippen molar-refractivity contribution in [1.82, 2.24) is 0 Å². The Kier molecular flexibility index (Phi) is 2.87. The minimum absolute atomic E-state index is 0.139. The van der Waals surface area contributed by atoms with E-state index < -0.39 is 0 Å². The first kappa shape index (κ1) is 9.26. The van der Waals surface area contributed by atoms with E-state index in [1.807, 2.05) is 25.3 Å². The molecule has 0 aliphatic carbocycles. The van der Waals surface area contributed by atoms with E-state index >= 15 is 0 Å². The van der Waals surface area contributed by atoms with Crippen molar-refractivity contribution < 1.29 is 9.53 Å². The molecule has 0 radical (unpaired) electrons. The third-order valence-corrected chi connectivity index (χ3v) is 2.69. The van der Waals surface area contributed by atoms with Crippen LogP contribution in [-0.4, -0.2) is 13.1 Å². The van der Waals surface area contributed by atoms with Gasteiger partial charge in [-0.2, -0.15) is 0 Å². The topological polar surface area (TPSA) is 26.3 Å². The van der Waals surface area contributed by atoms with Gasteiger partial charge in [-0.1, -0.05) is 0 Å². The van der Waals surface area contributed by atoms with Crippen molar-refractivity contribution in [3.8, 4) is 0 Å². The minimum atomic E-state index is -0.173. The van der Waals surface area contributed by atoms with Crippen molar-refractivity contribution in [2.45, 2.75) is 19.8 Å². The van der Waals surface area contributed by atoms with Gasteiger partial charge in [0.2, 0.25) is 0 Å². The van der Waals surface area contributed by atoms with Gasteiger partial charge < -0.3 is 4.74 Å². The molecule has 0 saturated heterocycles. The van der Waals surface area contributed by atoms with Crippen LogP contribution in [-0.2, 0) is 9.53 Å². The summed E-state index contributed by atoms with van der Waals surface area (Å²) >= 11 is 1.65. The summed E-state index contributed by atoms with van der Waals surface area (Å²) in [5.74, 6) is -0.312. The number of esters is 1. The third kappa shape index (κ3) is 1.85. The summed E-state index contributed by atoms with van der Waals surface area (Å²) in [5.41, 5.74) is 1.05. The second-order valence-electron chi connectivity index (χ2n) is 2.74. The molecule has 0 bridgehead atoms. The lowest BCUT2D eigenvalue weighted by atomic mass is 10.1. The number of carbonyl (C=O) groups is 1. The largest absolute Gasteiger partial charge is 0.469 e. The fourth-order valence-corrected chi connectivity index (χ4v) is 1.80. The molecule has 1 aromatic rings. The van der Waals surface area contributed by atoms with E-state index in [0.717, 1.165) is 5.56 Å². The van der Waals surface area contributed by atoms with E-state index in [1.54, 1.807) is 11.3 Å². The Labute approximate surface area is 76.2 Å². The second-order valence-corrected chi connectivity index (χ2v) is 3.85. The zero-order chi connectivity index (χ0) is 9.14. The molecule has 66 valence electrons. The highest BCUT2D eigenvalue weighted by molar-refractivity contribution is 7.10. The first-order chi connectivity index (χ1) is 5.65. The van der Waals surface area contributed by atoms with E-state index in [9.17, 15) is 4.79 Å². The average Bonchev–Trinajstić information content (AvgIpc) is 2.49. The molecular weight excluding hydrogens is 172 g/mol. The second kappa shape index (κ2) is 3.72. The molecule has 12 heavy (non-hydrogen) atoms. The van der Waals surface area contributed by atoms with Gasteiger partial charge in [-0.15, -0.1) is 11.3 Å². The average molecular weight is 184 g/mol. The predicted octanol–water partition coefficient (Wildman–Crippen LogP) is 2.33. The molecule has 1 atom stereocenters. The Morgan fingerprint density at radius 2 is 2.33 bits per heavy atom.